The van der Waals surface area contributed by atoms with Gasteiger partial charge in [-0.05, 0) is 38.9 Å². The van der Waals surface area contributed by atoms with Crippen molar-refractivity contribution in [2.75, 3.05) is 19.8 Å². The van der Waals surface area contributed by atoms with E-state index in [0.29, 0.717) is 18.3 Å². The molecule has 1 saturated carbocycles. The molecule has 0 spiro atoms. The summed E-state index contributed by atoms with van der Waals surface area (Å²) in [6.07, 6.45) is 5.59. The number of hydrogen-bond acceptors (Lipinski definition) is 5. The number of nitrogens with zero attached hydrogens (tertiary/aromatic N) is 4. The van der Waals surface area contributed by atoms with Crippen molar-refractivity contribution in [2.45, 2.75) is 62.8 Å². The van der Waals surface area contributed by atoms with E-state index in [9.17, 15) is 4.79 Å². The molecule has 1 unspecified atom stereocenters. The summed E-state index contributed by atoms with van der Waals surface area (Å²) < 4.78 is 2.16. The monoisotopic (exact) mass is 401 g/mol. The van der Waals surface area contributed by atoms with E-state index < -0.39 is 0 Å². The Hall–Kier alpha value is -1.86. The number of aromatic nitrogens is 3. The van der Waals surface area contributed by atoms with Gasteiger partial charge in [0, 0.05) is 6.04 Å². The lowest BCUT2D eigenvalue weighted by Gasteiger charge is -2.23. The highest BCUT2D eigenvalue weighted by Crippen LogP contribution is 2.26. The molecular weight excluding hydrogens is 370 g/mol. The molecule has 2 aromatic rings. The summed E-state index contributed by atoms with van der Waals surface area (Å²) in [5, 5.41) is 12.9. The lowest BCUT2D eigenvalue weighted by atomic mass is 10.2. The first-order valence-corrected chi connectivity index (χ1v) is 11.1. The molecule has 1 atom stereocenters. The van der Waals surface area contributed by atoms with Gasteiger partial charge in [0.05, 0.1) is 18.3 Å². The minimum absolute atomic E-state index is 0.0902. The first-order valence-electron chi connectivity index (χ1n) is 10.1. The molecule has 1 aromatic heterocycles. The van der Waals surface area contributed by atoms with Gasteiger partial charge in [-0.3, -0.25) is 9.69 Å². The van der Waals surface area contributed by atoms with E-state index in [1.165, 1.54) is 30.2 Å². The third-order valence-corrected chi connectivity index (χ3v) is 6.26. The minimum atomic E-state index is 0.0902. The van der Waals surface area contributed by atoms with Gasteiger partial charge in [-0.15, -0.1) is 10.2 Å². The number of thioether (sulfide) groups is 1. The van der Waals surface area contributed by atoms with Crippen LogP contribution in [0.1, 0.15) is 56.5 Å². The third-order valence-electron chi connectivity index (χ3n) is 5.29. The largest absolute Gasteiger partial charge is 0.353 e. The molecule has 1 aliphatic carbocycles. The second kappa shape index (κ2) is 10.1. The smallest absolute Gasteiger partial charge is 0.230 e. The van der Waals surface area contributed by atoms with Crippen molar-refractivity contribution in [2.24, 2.45) is 0 Å². The third kappa shape index (κ3) is 5.35. The Balaban J connectivity index is 1.75. The van der Waals surface area contributed by atoms with Crippen LogP contribution in [0, 0.1) is 0 Å². The highest BCUT2D eigenvalue weighted by molar-refractivity contribution is 7.99. The molecule has 28 heavy (non-hydrogen) atoms. The summed E-state index contributed by atoms with van der Waals surface area (Å²) in [5.41, 5.74) is 1.20. The zero-order chi connectivity index (χ0) is 19.9. The Labute approximate surface area is 172 Å². The van der Waals surface area contributed by atoms with Crippen molar-refractivity contribution >= 4 is 17.7 Å². The second-order valence-corrected chi connectivity index (χ2v) is 8.58. The zero-order valence-electron chi connectivity index (χ0n) is 17.1. The number of rotatable bonds is 9. The van der Waals surface area contributed by atoms with Crippen molar-refractivity contribution in [3.05, 3.63) is 41.7 Å². The van der Waals surface area contributed by atoms with Crippen LogP contribution in [0.25, 0.3) is 0 Å². The van der Waals surface area contributed by atoms with Gasteiger partial charge in [-0.2, -0.15) is 0 Å². The maximum Gasteiger partial charge on any atom is 0.230 e. The van der Waals surface area contributed by atoms with Crippen LogP contribution in [0.2, 0.25) is 0 Å². The van der Waals surface area contributed by atoms with Gasteiger partial charge in [0.2, 0.25) is 5.91 Å². The molecule has 7 heteroatoms. The summed E-state index contributed by atoms with van der Waals surface area (Å²) in [4.78, 5) is 14.5. The fraction of sp³-hybridized carbons (Fsp3) is 0.571. The molecule has 0 aliphatic heterocycles. The Bertz CT molecular complexity index is 755. The highest BCUT2D eigenvalue weighted by Gasteiger charge is 2.23. The van der Waals surface area contributed by atoms with Gasteiger partial charge in [-0.25, -0.2) is 0 Å². The first-order chi connectivity index (χ1) is 13.6. The van der Waals surface area contributed by atoms with Crippen LogP contribution in [-0.2, 0) is 11.3 Å². The lowest BCUT2D eigenvalue weighted by molar-refractivity contribution is -0.119. The van der Waals surface area contributed by atoms with Crippen molar-refractivity contribution in [3.8, 4) is 0 Å². The summed E-state index contributed by atoms with van der Waals surface area (Å²) >= 11 is 1.48. The van der Waals surface area contributed by atoms with Crippen LogP contribution in [0.4, 0.5) is 0 Å². The van der Waals surface area contributed by atoms with E-state index in [2.05, 4.69) is 58.1 Å². The number of benzene rings is 1. The van der Waals surface area contributed by atoms with Crippen LogP contribution in [0.5, 0.6) is 0 Å². The number of carbonyl (C=O) groups excluding carboxylic acids is 1. The highest BCUT2D eigenvalue weighted by atomic mass is 32.2. The Morgan fingerprint density at radius 3 is 2.61 bits per heavy atom. The van der Waals surface area contributed by atoms with E-state index >= 15 is 0 Å². The van der Waals surface area contributed by atoms with E-state index in [1.807, 2.05) is 18.2 Å². The molecule has 0 saturated heterocycles. The number of amides is 1. The summed E-state index contributed by atoms with van der Waals surface area (Å²) in [7, 11) is 4.13. The van der Waals surface area contributed by atoms with Gasteiger partial charge in [0.1, 0.15) is 0 Å². The molecule has 0 radical (unpaired) electrons. The minimum Gasteiger partial charge on any atom is -0.353 e. The standard InChI is InChI=1S/C21H31N5OS/c1-4-18(25(2)3)20-23-24-21(26(20)14-16-10-6-5-7-11-16)28-15-19(27)22-17-12-8-9-13-17/h5-7,10-11,17-18H,4,8-9,12-15H2,1-3H3,(H,22,27). The molecule has 3 rings (SSSR count). The number of hydrogen-bond donors (Lipinski definition) is 1. The lowest BCUT2D eigenvalue weighted by Crippen LogP contribution is -2.33. The fourth-order valence-corrected chi connectivity index (χ4v) is 4.57. The van der Waals surface area contributed by atoms with Gasteiger partial charge >= 0.3 is 0 Å². The van der Waals surface area contributed by atoms with Crippen LogP contribution in [-0.4, -0.2) is 51.5 Å². The van der Waals surface area contributed by atoms with E-state index in [-0.39, 0.29) is 11.9 Å². The van der Waals surface area contributed by atoms with E-state index in [4.69, 9.17) is 0 Å². The quantitative estimate of drug-likeness (QED) is 0.652. The summed E-state index contributed by atoms with van der Waals surface area (Å²) in [5.74, 6) is 1.42. The number of nitrogens with one attached hydrogen (secondary N) is 1. The molecule has 1 heterocycles. The molecular formula is C21H31N5OS. The average molecular weight is 402 g/mol. The SMILES string of the molecule is CCC(c1nnc(SCC(=O)NC2CCCC2)n1Cc1ccccc1)N(C)C. The molecule has 1 amide bonds. The van der Waals surface area contributed by atoms with Crippen molar-refractivity contribution < 1.29 is 4.79 Å². The Morgan fingerprint density at radius 2 is 1.96 bits per heavy atom. The van der Waals surface area contributed by atoms with Crippen molar-refractivity contribution in [3.63, 3.8) is 0 Å². The van der Waals surface area contributed by atoms with Gasteiger partial charge in [0.25, 0.3) is 0 Å². The topological polar surface area (TPSA) is 63.1 Å². The Kier molecular flexibility index (Phi) is 7.50. The molecule has 1 aliphatic rings. The molecule has 1 fully saturated rings. The Morgan fingerprint density at radius 1 is 1.25 bits per heavy atom. The fourth-order valence-electron chi connectivity index (χ4n) is 3.82. The second-order valence-electron chi connectivity index (χ2n) is 7.64. The van der Waals surface area contributed by atoms with E-state index in [0.717, 1.165) is 30.2 Å². The predicted molar refractivity (Wildman–Crippen MR) is 113 cm³/mol. The first kappa shape index (κ1) is 20.9. The van der Waals surface area contributed by atoms with Crippen LogP contribution in [0.3, 0.4) is 0 Å². The van der Waals surface area contributed by atoms with Crippen molar-refractivity contribution in [1.29, 1.82) is 0 Å². The average Bonchev–Trinajstić information content (AvgIpc) is 3.32. The van der Waals surface area contributed by atoms with Gasteiger partial charge in [0.15, 0.2) is 11.0 Å². The van der Waals surface area contributed by atoms with Crippen LogP contribution >= 0.6 is 11.8 Å². The molecule has 0 bridgehead atoms. The van der Waals surface area contributed by atoms with E-state index in [1.54, 1.807) is 0 Å². The van der Waals surface area contributed by atoms with Crippen LogP contribution < -0.4 is 5.32 Å². The van der Waals surface area contributed by atoms with Crippen molar-refractivity contribution in [1.82, 2.24) is 25.0 Å². The normalized spacial score (nSPS) is 15.9. The molecule has 152 valence electrons. The number of carbonyl (C=O) groups is 1. The molecule has 6 nitrogen and oxygen atoms in total. The predicted octanol–water partition coefficient (Wildman–Crippen LogP) is 3.49. The maximum atomic E-state index is 12.3. The molecule has 1 N–H and O–H groups in total. The summed E-state index contributed by atoms with van der Waals surface area (Å²) in [6, 6.07) is 10.9. The molecule has 1 aromatic carbocycles. The van der Waals surface area contributed by atoms with Gasteiger partial charge in [-0.1, -0.05) is 61.9 Å². The maximum absolute atomic E-state index is 12.3. The zero-order valence-corrected chi connectivity index (χ0v) is 17.9. The van der Waals surface area contributed by atoms with Gasteiger partial charge < -0.3 is 9.88 Å². The van der Waals surface area contributed by atoms with Crippen LogP contribution in [0.15, 0.2) is 35.5 Å². The summed E-state index contributed by atoms with van der Waals surface area (Å²) in [6.45, 7) is 2.87.